The quantitative estimate of drug-likeness (QED) is 0.222. The number of fused-ring (bicyclic) bond motifs is 1. The van der Waals surface area contributed by atoms with E-state index in [9.17, 15) is 31.0 Å². The fourth-order valence-electron chi connectivity index (χ4n) is 2.60. The molecule has 0 aliphatic carbocycles. The molecule has 1 N–H and O–H groups in total. The van der Waals surface area contributed by atoms with Crippen molar-refractivity contribution >= 4 is 42.4 Å². The SMILES string of the molecule is COc1cc(S(=O)(=O)[O-])ccc1N=Nc1ccc2c(S(=O)(=O)O)cccc2c1[O-].[Na+].[Na+]. The standard InChI is InChI=1S/C17H14N2O8S2.2Na/c1-27-15-9-10(28(21,22)23)5-7-13(15)18-19-14-8-6-11-12(17(14)20)3-2-4-16(11)29(24,25)26;;/h2-9,20H,1H3,(H,21,22,23)(H,24,25,26);;/q;2*+1/p-2. The minimum Gasteiger partial charge on any atom is -0.871 e. The van der Waals surface area contributed by atoms with Crippen LogP contribution in [0.15, 0.2) is 68.6 Å². The summed E-state index contributed by atoms with van der Waals surface area (Å²) in [5.41, 5.74) is -0.0707. The predicted molar refractivity (Wildman–Crippen MR) is 98.3 cm³/mol. The van der Waals surface area contributed by atoms with E-state index in [1.54, 1.807) is 0 Å². The smallest absolute Gasteiger partial charge is 0.871 e. The molecule has 0 saturated heterocycles. The van der Waals surface area contributed by atoms with E-state index in [0.717, 1.165) is 18.2 Å². The van der Waals surface area contributed by atoms with Crippen molar-refractivity contribution in [3.63, 3.8) is 0 Å². The Morgan fingerprint density at radius 2 is 1.52 bits per heavy atom. The van der Waals surface area contributed by atoms with E-state index in [2.05, 4.69) is 10.2 Å². The summed E-state index contributed by atoms with van der Waals surface area (Å²) >= 11 is 0. The Morgan fingerprint density at radius 1 is 0.903 bits per heavy atom. The number of hydrogen-bond donors (Lipinski definition) is 1. The summed E-state index contributed by atoms with van der Waals surface area (Å²) in [6.45, 7) is 0. The van der Waals surface area contributed by atoms with Gasteiger partial charge in [0.05, 0.1) is 17.7 Å². The van der Waals surface area contributed by atoms with Crippen LogP contribution < -0.4 is 69.0 Å². The van der Waals surface area contributed by atoms with Crippen LogP contribution in [0.1, 0.15) is 0 Å². The monoisotopic (exact) mass is 482 g/mol. The first-order valence-corrected chi connectivity index (χ1v) is 10.6. The molecule has 10 nitrogen and oxygen atoms in total. The van der Waals surface area contributed by atoms with Gasteiger partial charge in [-0.05, 0) is 35.7 Å². The number of ether oxygens (including phenoxy) is 1. The third kappa shape index (κ3) is 6.26. The maximum atomic E-state index is 12.6. The summed E-state index contributed by atoms with van der Waals surface area (Å²) < 4.78 is 70.5. The second-order valence-corrected chi connectivity index (χ2v) is 8.50. The van der Waals surface area contributed by atoms with Gasteiger partial charge in [0.1, 0.15) is 26.5 Å². The summed E-state index contributed by atoms with van der Waals surface area (Å²) in [5.74, 6) is -0.679. The number of rotatable bonds is 5. The number of hydrogen-bond acceptors (Lipinski definition) is 9. The molecule has 0 fully saturated rings. The Kier molecular flexibility index (Phi) is 9.66. The third-order valence-corrected chi connectivity index (χ3v) is 5.68. The summed E-state index contributed by atoms with van der Waals surface area (Å²) in [6, 6.07) is 9.57. The Morgan fingerprint density at radius 3 is 2.10 bits per heavy atom. The van der Waals surface area contributed by atoms with Gasteiger partial charge in [-0.1, -0.05) is 23.9 Å². The average Bonchev–Trinajstić information content (AvgIpc) is 2.65. The van der Waals surface area contributed by atoms with Crippen LogP contribution in [-0.2, 0) is 20.2 Å². The molecular formula is C17H12N2Na2O8S2. The van der Waals surface area contributed by atoms with E-state index >= 15 is 0 Å². The molecule has 3 aromatic rings. The molecule has 0 radical (unpaired) electrons. The molecule has 3 rings (SSSR count). The third-order valence-electron chi connectivity index (χ3n) is 3.93. The van der Waals surface area contributed by atoms with Gasteiger partial charge in [0.15, 0.2) is 0 Å². The molecule has 14 heteroatoms. The molecule has 0 saturated carbocycles. The van der Waals surface area contributed by atoms with Gasteiger partial charge in [0.25, 0.3) is 10.1 Å². The van der Waals surface area contributed by atoms with E-state index < -0.39 is 35.8 Å². The Bertz CT molecular complexity index is 1360. The van der Waals surface area contributed by atoms with Crippen LogP contribution in [-0.4, -0.2) is 33.1 Å². The van der Waals surface area contributed by atoms with Gasteiger partial charge in [-0.25, -0.2) is 8.42 Å². The van der Waals surface area contributed by atoms with Crippen molar-refractivity contribution in [3.05, 3.63) is 48.5 Å². The van der Waals surface area contributed by atoms with Crippen LogP contribution in [0.25, 0.3) is 10.8 Å². The minimum atomic E-state index is -4.69. The van der Waals surface area contributed by atoms with E-state index in [0.29, 0.717) is 0 Å². The summed E-state index contributed by atoms with van der Waals surface area (Å²) in [5, 5.41) is 20.3. The molecule has 0 aliphatic rings. The fraction of sp³-hybridized carbons (Fsp3) is 0.0588. The van der Waals surface area contributed by atoms with Crippen molar-refractivity contribution in [2.45, 2.75) is 9.79 Å². The first-order chi connectivity index (χ1) is 13.5. The summed E-state index contributed by atoms with van der Waals surface area (Å²) in [7, 11) is -7.97. The van der Waals surface area contributed by atoms with Crippen LogP contribution in [0.4, 0.5) is 11.4 Å². The second-order valence-electron chi connectivity index (χ2n) is 5.73. The topological polar surface area (TPSA) is 169 Å². The van der Waals surface area contributed by atoms with E-state index in [1.807, 2.05) is 0 Å². The summed E-state index contributed by atoms with van der Waals surface area (Å²) in [6.07, 6.45) is 0. The van der Waals surface area contributed by atoms with Gasteiger partial charge < -0.3 is 14.4 Å². The first kappa shape index (κ1) is 28.0. The van der Waals surface area contributed by atoms with Crippen LogP contribution >= 0.6 is 0 Å². The van der Waals surface area contributed by atoms with Crippen LogP contribution in [0.3, 0.4) is 0 Å². The molecule has 0 spiro atoms. The van der Waals surface area contributed by atoms with Gasteiger partial charge in [0.2, 0.25) is 0 Å². The van der Waals surface area contributed by atoms with Crippen molar-refractivity contribution in [3.8, 4) is 11.5 Å². The molecule has 0 atom stereocenters. The first-order valence-electron chi connectivity index (χ1n) is 7.78. The van der Waals surface area contributed by atoms with Crippen molar-refractivity contribution in [2.24, 2.45) is 10.2 Å². The number of nitrogens with zero attached hydrogens (tertiary/aromatic N) is 2. The largest absolute Gasteiger partial charge is 1.00 e. The van der Waals surface area contributed by atoms with Gasteiger partial charge >= 0.3 is 59.1 Å². The molecule has 0 aliphatic heterocycles. The molecule has 0 heterocycles. The second kappa shape index (κ2) is 10.7. The van der Waals surface area contributed by atoms with Crippen molar-refractivity contribution < 1.29 is 94.9 Å². The Balaban J connectivity index is 0.00000240. The normalized spacial score (nSPS) is 11.7. The van der Waals surface area contributed by atoms with E-state index in [-0.39, 0.29) is 87.0 Å². The van der Waals surface area contributed by atoms with E-state index in [1.165, 1.54) is 37.4 Å². The fourth-order valence-corrected chi connectivity index (χ4v) is 3.79. The zero-order chi connectivity index (χ0) is 21.4. The maximum Gasteiger partial charge on any atom is 1.00 e. The molecular weight excluding hydrogens is 470 g/mol. The molecule has 0 amide bonds. The van der Waals surface area contributed by atoms with Crippen LogP contribution in [0.5, 0.6) is 11.5 Å². The van der Waals surface area contributed by atoms with Crippen molar-refractivity contribution in [1.29, 1.82) is 0 Å². The van der Waals surface area contributed by atoms with Gasteiger partial charge in [-0.15, -0.1) is 5.11 Å². The molecule has 152 valence electrons. The minimum absolute atomic E-state index is 0. The van der Waals surface area contributed by atoms with E-state index in [4.69, 9.17) is 4.74 Å². The number of methoxy groups -OCH3 is 1. The Labute approximate surface area is 222 Å². The molecule has 0 unspecified atom stereocenters. The van der Waals surface area contributed by atoms with Gasteiger partial charge in [0, 0.05) is 5.39 Å². The predicted octanol–water partition coefficient (Wildman–Crippen LogP) is -3.50. The van der Waals surface area contributed by atoms with Gasteiger partial charge in [-0.2, -0.15) is 13.5 Å². The zero-order valence-electron chi connectivity index (χ0n) is 16.6. The zero-order valence-corrected chi connectivity index (χ0v) is 22.3. The molecule has 3 aromatic carbocycles. The average molecular weight is 482 g/mol. The maximum absolute atomic E-state index is 12.6. The van der Waals surface area contributed by atoms with Crippen molar-refractivity contribution in [1.82, 2.24) is 0 Å². The van der Waals surface area contributed by atoms with Gasteiger partial charge in [-0.3, -0.25) is 4.55 Å². The molecule has 0 bridgehead atoms. The van der Waals surface area contributed by atoms with Crippen LogP contribution in [0, 0.1) is 0 Å². The number of benzene rings is 3. The Hall–Kier alpha value is -1.06. The van der Waals surface area contributed by atoms with Crippen LogP contribution in [0.2, 0.25) is 0 Å². The number of azo groups is 1. The van der Waals surface area contributed by atoms with Crippen molar-refractivity contribution in [2.75, 3.05) is 7.11 Å². The molecule has 31 heavy (non-hydrogen) atoms. The molecule has 0 aromatic heterocycles. The summed E-state index contributed by atoms with van der Waals surface area (Å²) in [4.78, 5) is -0.923.